The van der Waals surface area contributed by atoms with Gasteiger partial charge in [0, 0.05) is 53.5 Å². The molecule has 0 saturated carbocycles. The van der Waals surface area contributed by atoms with Gasteiger partial charge in [0.15, 0.2) is 0 Å². The van der Waals surface area contributed by atoms with Gasteiger partial charge in [0.25, 0.3) is 0 Å². The molecule has 2 fully saturated rings. The third kappa shape index (κ3) is 4.33. The molecule has 2 aliphatic rings. The van der Waals surface area contributed by atoms with E-state index in [4.69, 9.17) is 28.2 Å². The number of rotatable bonds is 5. The monoisotopic (exact) mass is 504 g/mol. The lowest BCUT2D eigenvalue weighted by atomic mass is 10.1. The lowest BCUT2D eigenvalue weighted by Gasteiger charge is -2.41. The van der Waals surface area contributed by atoms with Gasteiger partial charge in [-0.3, -0.25) is 9.69 Å². The number of pyridine rings is 1. The Morgan fingerprint density at radius 2 is 1.63 bits per heavy atom. The number of hydrogen-bond acceptors (Lipinski definition) is 3. The Morgan fingerprint density at radius 3 is 2.37 bits per heavy atom. The van der Waals surface area contributed by atoms with Gasteiger partial charge in [-0.2, -0.15) is 0 Å². The molecule has 4 heterocycles. The van der Waals surface area contributed by atoms with Gasteiger partial charge in [0.05, 0.1) is 17.8 Å². The van der Waals surface area contributed by atoms with Crippen LogP contribution in [0.4, 0.5) is 0 Å². The minimum absolute atomic E-state index is 0.182. The quantitative estimate of drug-likeness (QED) is 0.348. The van der Waals surface area contributed by atoms with Crippen molar-refractivity contribution in [2.24, 2.45) is 0 Å². The van der Waals surface area contributed by atoms with Crippen LogP contribution in [0.15, 0.2) is 72.9 Å². The largest absolute Gasteiger partial charge is 0.334 e. The first-order chi connectivity index (χ1) is 17.1. The van der Waals surface area contributed by atoms with E-state index < -0.39 is 0 Å². The molecule has 2 atom stereocenters. The first-order valence-electron chi connectivity index (χ1n) is 12.1. The Morgan fingerprint density at radius 1 is 0.914 bits per heavy atom. The van der Waals surface area contributed by atoms with Crippen molar-refractivity contribution in [1.29, 1.82) is 0 Å². The molecule has 0 spiro atoms. The second kappa shape index (κ2) is 9.30. The molecule has 6 rings (SSSR count). The fourth-order valence-corrected chi connectivity index (χ4v) is 6.00. The third-order valence-electron chi connectivity index (χ3n) is 7.27. The summed E-state index contributed by atoms with van der Waals surface area (Å²) in [6, 6.07) is 22.1. The van der Waals surface area contributed by atoms with Crippen LogP contribution in [0.1, 0.15) is 24.1 Å². The van der Waals surface area contributed by atoms with E-state index in [1.54, 1.807) is 0 Å². The van der Waals surface area contributed by atoms with Crippen LogP contribution in [0, 0.1) is 0 Å². The predicted octanol–water partition coefficient (Wildman–Crippen LogP) is 5.73. The highest BCUT2D eigenvalue weighted by molar-refractivity contribution is 6.31. The molecule has 2 aromatic heterocycles. The summed E-state index contributed by atoms with van der Waals surface area (Å²) in [6.45, 7) is 2.51. The Bertz CT molecular complexity index is 1370. The van der Waals surface area contributed by atoms with E-state index in [0.29, 0.717) is 16.5 Å². The van der Waals surface area contributed by atoms with E-state index in [2.05, 4.69) is 20.4 Å². The normalized spacial score (nSPS) is 20.0. The van der Waals surface area contributed by atoms with E-state index in [1.165, 1.54) is 0 Å². The van der Waals surface area contributed by atoms with Crippen LogP contribution in [0.3, 0.4) is 0 Å². The van der Waals surface area contributed by atoms with E-state index in [0.717, 1.165) is 60.6 Å². The Kier molecular flexibility index (Phi) is 6.01. The second-order valence-corrected chi connectivity index (χ2v) is 10.3. The maximum atomic E-state index is 13.3. The van der Waals surface area contributed by atoms with Crippen molar-refractivity contribution >= 4 is 34.8 Å². The summed E-state index contributed by atoms with van der Waals surface area (Å²) in [7, 11) is 0. The number of likely N-dealkylation sites (tertiary alicyclic amines) is 1. The van der Waals surface area contributed by atoms with Gasteiger partial charge in [-0.25, -0.2) is 4.98 Å². The Labute approximate surface area is 214 Å². The average molecular weight is 505 g/mol. The number of imidazole rings is 1. The number of fused-ring (bicyclic) bond motifs is 3. The molecular weight excluding hydrogens is 479 g/mol. The molecule has 0 aliphatic carbocycles. The Hall–Kier alpha value is -2.86. The third-order valence-corrected chi connectivity index (χ3v) is 7.89. The number of aromatic nitrogens is 2. The Balaban J connectivity index is 1.24. The maximum Gasteiger partial charge on any atom is 0.227 e. The standard InChI is InChI=1S/C28H26Cl2N4O/c29-21-10-8-19(9-11-21)28-25(33-14-4-3-7-26(33)31-28)18-32-16-22-12-13-23(17-32)34(22)27(35)15-20-5-1-2-6-24(20)30/h1-11,14,22-23H,12-13,15-18H2. The van der Waals surface area contributed by atoms with E-state index in [1.807, 2.05) is 66.7 Å². The van der Waals surface area contributed by atoms with Crippen LogP contribution in [-0.2, 0) is 17.8 Å². The summed E-state index contributed by atoms with van der Waals surface area (Å²) in [4.78, 5) is 22.8. The fraction of sp³-hybridized carbons (Fsp3) is 0.286. The van der Waals surface area contributed by atoms with Gasteiger partial charge in [0.1, 0.15) is 5.65 Å². The molecule has 0 N–H and O–H groups in total. The highest BCUT2D eigenvalue weighted by atomic mass is 35.5. The van der Waals surface area contributed by atoms with Gasteiger partial charge in [-0.1, -0.05) is 59.6 Å². The topological polar surface area (TPSA) is 40.9 Å². The molecule has 1 amide bonds. The number of hydrogen-bond donors (Lipinski definition) is 0. The van der Waals surface area contributed by atoms with Crippen molar-refractivity contribution in [3.63, 3.8) is 0 Å². The van der Waals surface area contributed by atoms with E-state index in [-0.39, 0.29) is 18.0 Å². The highest BCUT2D eigenvalue weighted by Crippen LogP contribution is 2.34. The van der Waals surface area contributed by atoms with Crippen LogP contribution in [0.25, 0.3) is 16.9 Å². The van der Waals surface area contributed by atoms with Crippen LogP contribution in [0.5, 0.6) is 0 Å². The van der Waals surface area contributed by atoms with Crippen molar-refractivity contribution in [2.45, 2.75) is 37.9 Å². The molecule has 7 heteroatoms. The lowest BCUT2D eigenvalue weighted by Crippen LogP contribution is -2.55. The summed E-state index contributed by atoms with van der Waals surface area (Å²) in [5.41, 5.74) is 5.04. The summed E-state index contributed by atoms with van der Waals surface area (Å²) in [6.07, 6.45) is 4.54. The molecule has 0 radical (unpaired) electrons. The summed E-state index contributed by atoms with van der Waals surface area (Å²) in [5, 5.41) is 1.38. The molecule has 2 saturated heterocycles. The van der Waals surface area contributed by atoms with Crippen LogP contribution >= 0.6 is 23.2 Å². The number of nitrogens with zero attached hydrogens (tertiary/aromatic N) is 4. The first-order valence-corrected chi connectivity index (χ1v) is 12.8. The zero-order chi connectivity index (χ0) is 23.9. The molecule has 4 aromatic rings. The van der Waals surface area contributed by atoms with Crippen molar-refractivity contribution in [1.82, 2.24) is 19.2 Å². The maximum absolute atomic E-state index is 13.3. The average Bonchev–Trinajstić information content (AvgIpc) is 3.35. The number of halogens is 2. The van der Waals surface area contributed by atoms with E-state index >= 15 is 0 Å². The SMILES string of the molecule is O=C(Cc1ccccc1Cl)N1C2CCC1CN(Cc1c(-c3ccc(Cl)cc3)nc3ccccn13)C2. The van der Waals surface area contributed by atoms with Crippen LogP contribution in [-0.4, -0.2) is 50.3 Å². The predicted molar refractivity (Wildman–Crippen MR) is 140 cm³/mol. The number of amides is 1. The van der Waals surface area contributed by atoms with Gasteiger partial charge in [-0.15, -0.1) is 0 Å². The van der Waals surface area contributed by atoms with Gasteiger partial charge in [0.2, 0.25) is 5.91 Å². The van der Waals surface area contributed by atoms with Gasteiger partial charge in [-0.05, 0) is 48.7 Å². The molecular formula is C28H26Cl2N4O. The molecule has 2 unspecified atom stereocenters. The molecule has 35 heavy (non-hydrogen) atoms. The van der Waals surface area contributed by atoms with Crippen molar-refractivity contribution in [3.8, 4) is 11.3 Å². The number of piperazine rings is 1. The summed E-state index contributed by atoms with van der Waals surface area (Å²) >= 11 is 12.5. The summed E-state index contributed by atoms with van der Waals surface area (Å²) in [5.74, 6) is 0.182. The van der Waals surface area contributed by atoms with Crippen LogP contribution in [0.2, 0.25) is 10.0 Å². The number of carbonyl (C=O) groups is 1. The van der Waals surface area contributed by atoms with Crippen LogP contribution < -0.4 is 0 Å². The smallest absolute Gasteiger partial charge is 0.227 e. The fourth-order valence-electron chi connectivity index (χ4n) is 5.67. The number of benzene rings is 2. The first kappa shape index (κ1) is 22.6. The molecule has 2 bridgehead atoms. The second-order valence-electron chi connectivity index (χ2n) is 9.49. The van der Waals surface area contributed by atoms with Crippen molar-refractivity contribution in [2.75, 3.05) is 13.1 Å². The zero-order valence-corrected chi connectivity index (χ0v) is 20.8. The molecule has 5 nitrogen and oxygen atoms in total. The zero-order valence-electron chi connectivity index (χ0n) is 19.3. The summed E-state index contributed by atoms with van der Waals surface area (Å²) < 4.78 is 2.18. The lowest BCUT2D eigenvalue weighted by molar-refractivity contribution is -0.136. The highest BCUT2D eigenvalue weighted by Gasteiger charge is 2.42. The van der Waals surface area contributed by atoms with E-state index in [9.17, 15) is 4.79 Å². The van der Waals surface area contributed by atoms with Crippen molar-refractivity contribution in [3.05, 3.63) is 94.2 Å². The molecule has 178 valence electrons. The minimum Gasteiger partial charge on any atom is -0.334 e. The minimum atomic E-state index is 0.182. The van der Waals surface area contributed by atoms with Gasteiger partial charge < -0.3 is 9.30 Å². The number of carbonyl (C=O) groups excluding carboxylic acids is 1. The molecule has 2 aromatic carbocycles. The van der Waals surface area contributed by atoms with Gasteiger partial charge >= 0.3 is 0 Å². The molecule has 2 aliphatic heterocycles. The van der Waals surface area contributed by atoms with Crippen molar-refractivity contribution < 1.29 is 4.79 Å².